The van der Waals surface area contributed by atoms with Crippen LogP contribution in [0.5, 0.6) is 5.88 Å². The second-order valence-electron chi connectivity index (χ2n) is 4.22. The van der Waals surface area contributed by atoms with Crippen molar-refractivity contribution in [3.8, 4) is 5.88 Å². The van der Waals surface area contributed by atoms with E-state index in [0.29, 0.717) is 31.5 Å². The normalized spacial score (nSPS) is 24.1. The Morgan fingerprint density at radius 1 is 1.67 bits per heavy atom. The Bertz CT molecular complexity index is 418. The molecular weight excluding hydrogens is 300 g/mol. The number of morpholine rings is 1. The standard InChI is InChI=1S/C11H17BrN4O2/c1-7-6-18-8(3-13)5-16(7)11-14-4-9(12)10(15-11)17-2/h4,7-8H,3,5-6,13H2,1-2H3. The molecule has 2 rings (SSSR count). The molecule has 0 radical (unpaired) electrons. The van der Waals surface area contributed by atoms with Gasteiger partial charge in [0.2, 0.25) is 11.8 Å². The molecule has 2 heterocycles. The van der Waals surface area contributed by atoms with Crippen molar-refractivity contribution in [1.82, 2.24) is 9.97 Å². The Balaban J connectivity index is 2.23. The summed E-state index contributed by atoms with van der Waals surface area (Å²) < 4.78 is 11.5. The van der Waals surface area contributed by atoms with Crippen molar-refractivity contribution in [2.45, 2.75) is 19.1 Å². The molecule has 7 heteroatoms. The van der Waals surface area contributed by atoms with Crippen LogP contribution in [-0.4, -0.2) is 48.9 Å². The summed E-state index contributed by atoms with van der Waals surface area (Å²) in [6.45, 7) is 3.90. The molecule has 1 fully saturated rings. The lowest BCUT2D eigenvalue weighted by Gasteiger charge is -2.37. The van der Waals surface area contributed by atoms with Gasteiger partial charge in [-0.25, -0.2) is 4.98 Å². The molecule has 0 amide bonds. The summed E-state index contributed by atoms with van der Waals surface area (Å²) in [5.74, 6) is 1.17. The van der Waals surface area contributed by atoms with Gasteiger partial charge in [0.05, 0.1) is 36.5 Å². The molecule has 0 aliphatic carbocycles. The molecule has 6 nitrogen and oxygen atoms in total. The molecule has 1 aromatic rings. The topological polar surface area (TPSA) is 73.5 Å². The summed E-state index contributed by atoms with van der Waals surface area (Å²) in [5, 5.41) is 0. The van der Waals surface area contributed by atoms with Crippen LogP contribution < -0.4 is 15.4 Å². The van der Waals surface area contributed by atoms with Crippen LogP contribution in [0.1, 0.15) is 6.92 Å². The van der Waals surface area contributed by atoms with Crippen LogP contribution >= 0.6 is 15.9 Å². The first-order valence-electron chi connectivity index (χ1n) is 5.80. The van der Waals surface area contributed by atoms with Gasteiger partial charge in [-0.3, -0.25) is 0 Å². The molecule has 1 saturated heterocycles. The van der Waals surface area contributed by atoms with Crippen molar-refractivity contribution in [2.75, 3.05) is 31.7 Å². The van der Waals surface area contributed by atoms with Gasteiger partial charge in [-0.2, -0.15) is 4.98 Å². The second-order valence-corrected chi connectivity index (χ2v) is 5.07. The number of aromatic nitrogens is 2. The fourth-order valence-corrected chi connectivity index (χ4v) is 2.22. The van der Waals surface area contributed by atoms with E-state index >= 15 is 0 Å². The smallest absolute Gasteiger partial charge is 0.232 e. The first-order chi connectivity index (χ1) is 8.65. The fourth-order valence-electron chi connectivity index (χ4n) is 1.86. The molecule has 100 valence electrons. The quantitative estimate of drug-likeness (QED) is 0.889. The van der Waals surface area contributed by atoms with E-state index in [1.807, 2.05) is 0 Å². The number of hydrogen-bond acceptors (Lipinski definition) is 6. The Hall–Kier alpha value is -0.920. The summed E-state index contributed by atoms with van der Waals surface area (Å²) in [4.78, 5) is 10.8. The maximum absolute atomic E-state index is 5.64. The maximum Gasteiger partial charge on any atom is 0.232 e. The summed E-state index contributed by atoms with van der Waals surface area (Å²) in [5.41, 5.74) is 5.64. The highest BCUT2D eigenvalue weighted by Crippen LogP contribution is 2.25. The van der Waals surface area contributed by atoms with E-state index in [1.165, 1.54) is 0 Å². The highest BCUT2D eigenvalue weighted by Gasteiger charge is 2.27. The van der Waals surface area contributed by atoms with Crippen LogP contribution in [0.25, 0.3) is 0 Å². The lowest BCUT2D eigenvalue weighted by Crippen LogP contribution is -2.51. The molecule has 1 aromatic heterocycles. The minimum absolute atomic E-state index is 0.0273. The summed E-state index contributed by atoms with van der Waals surface area (Å²) in [6, 6.07) is 0.221. The monoisotopic (exact) mass is 316 g/mol. The minimum Gasteiger partial charge on any atom is -0.480 e. The zero-order chi connectivity index (χ0) is 13.1. The zero-order valence-corrected chi connectivity index (χ0v) is 12.1. The third kappa shape index (κ3) is 2.73. The van der Waals surface area contributed by atoms with E-state index in [0.717, 1.165) is 4.47 Å². The van der Waals surface area contributed by atoms with Gasteiger partial charge < -0.3 is 20.1 Å². The lowest BCUT2D eigenvalue weighted by molar-refractivity contribution is 0.0276. The lowest BCUT2D eigenvalue weighted by atomic mass is 10.2. The predicted molar refractivity (Wildman–Crippen MR) is 71.9 cm³/mol. The second kappa shape index (κ2) is 5.81. The van der Waals surface area contributed by atoms with E-state index in [9.17, 15) is 0 Å². The first kappa shape index (κ1) is 13.5. The van der Waals surface area contributed by atoms with Gasteiger partial charge in [0, 0.05) is 13.1 Å². The Morgan fingerprint density at radius 2 is 2.44 bits per heavy atom. The van der Waals surface area contributed by atoms with Crippen molar-refractivity contribution < 1.29 is 9.47 Å². The van der Waals surface area contributed by atoms with Crippen LogP contribution in [0.4, 0.5) is 5.95 Å². The molecule has 2 unspecified atom stereocenters. The molecule has 18 heavy (non-hydrogen) atoms. The average molecular weight is 317 g/mol. The Morgan fingerprint density at radius 3 is 3.11 bits per heavy atom. The highest BCUT2D eigenvalue weighted by atomic mass is 79.9. The van der Waals surface area contributed by atoms with Gasteiger partial charge in [0.1, 0.15) is 0 Å². The van der Waals surface area contributed by atoms with Gasteiger partial charge in [0.25, 0.3) is 0 Å². The molecule has 1 aliphatic rings. The number of hydrogen-bond donors (Lipinski definition) is 1. The van der Waals surface area contributed by atoms with Crippen LogP contribution in [0.3, 0.4) is 0 Å². The van der Waals surface area contributed by atoms with Crippen molar-refractivity contribution in [2.24, 2.45) is 5.73 Å². The third-order valence-corrected chi connectivity index (χ3v) is 3.46. The average Bonchev–Trinajstić information content (AvgIpc) is 2.40. The van der Waals surface area contributed by atoms with E-state index in [4.69, 9.17) is 15.2 Å². The molecule has 0 saturated carbocycles. The first-order valence-corrected chi connectivity index (χ1v) is 6.59. The van der Waals surface area contributed by atoms with Gasteiger partial charge in [0.15, 0.2) is 0 Å². The number of anilines is 1. The number of nitrogens with zero attached hydrogens (tertiary/aromatic N) is 3. The van der Waals surface area contributed by atoms with Crippen LogP contribution in [0, 0.1) is 0 Å². The van der Waals surface area contributed by atoms with Crippen molar-refractivity contribution >= 4 is 21.9 Å². The van der Waals surface area contributed by atoms with E-state index in [1.54, 1.807) is 13.3 Å². The molecule has 2 atom stereocenters. The van der Waals surface area contributed by atoms with Gasteiger partial charge >= 0.3 is 0 Å². The molecule has 0 spiro atoms. The SMILES string of the molecule is COc1nc(N2CC(CN)OCC2C)ncc1Br. The number of ether oxygens (including phenoxy) is 2. The zero-order valence-electron chi connectivity index (χ0n) is 10.5. The molecule has 0 bridgehead atoms. The number of rotatable bonds is 3. The molecule has 1 aliphatic heterocycles. The van der Waals surface area contributed by atoms with E-state index < -0.39 is 0 Å². The van der Waals surface area contributed by atoms with E-state index in [2.05, 4.69) is 37.7 Å². The highest BCUT2D eigenvalue weighted by molar-refractivity contribution is 9.10. The van der Waals surface area contributed by atoms with Crippen LogP contribution in [0.2, 0.25) is 0 Å². The van der Waals surface area contributed by atoms with E-state index in [-0.39, 0.29) is 12.1 Å². The third-order valence-electron chi connectivity index (χ3n) is 2.92. The molecular formula is C11H17BrN4O2. The Labute approximate surface area is 115 Å². The van der Waals surface area contributed by atoms with Gasteiger partial charge in [-0.15, -0.1) is 0 Å². The van der Waals surface area contributed by atoms with Crippen molar-refractivity contribution in [1.29, 1.82) is 0 Å². The fraction of sp³-hybridized carbons (Fsp3) is 0.636. The number of nitrogens with two attached hydrogens (primary N) is 1. The Kier molecular flexibility index (Phi) is 4.36. The number of methoxy groups -OCH3 is 1. The van der Waals surface area contributed by atoms with Crippen molar-refractivity contribution in [3.05, 3.63) is 10.7 Å². The predicted octanol–water partition coefficient (Wildman–Crippen LogP) is 0.800. The van der Waals surface area contributed by atoms with Gasteiger partial charge in [-0.05, 0) is 22.9 Å². The summed E-state index contributed by atoms with van der Waals surface area (Å²) >= 11 is 3.34. The minimum atomic E-state index is 0.0273. The van der Waals surface area contributed by atoms with Crippen LogP contribution in [0.15, 0.2) is 10.7 Å². The van der Waals surface area contributed by atoms with Gasteiger partial charge in [-0.1, -0.05) is 0 Å². The van der Waals surface area contributed by atoms with Crippen molar-refractivity contribution in [3.63, 3.8) is 0 Å². The molecule has 2 N–H and O–H groups in total. The number of halogens is 1. The summed E-state index contributed by atoms with van der Waals surface area (Å²) in [6.07, 6.45) is 1.72. The summed E-state index contributed by atoms with van der Waals surface area (Å²) in [7, 11) is 1.59. The molecule has 0 aromatic carbocycles. The van der Waals surface area contributed by atoms with Crippen LogP contribution in [-0.2, 0) is 4.74 Å². The maximum atomic E-state index is 5.64. The largest absolute Gasteiger partial charge is 0.480 e.